The zero-order chi connectivity index (χ0) is 25.8. The third kappa shape index (κ3) is 4.53. The maximum absolute atomic E-state index is 10.3. The molecule has 8 nitrogen and oxygen atoms in total. The predicted molar refractivity (Wildman–Crippen MR) is 135 cm³/mol. The van der Waals surface area contributed by atoms with Crippen LogP contribution in [0.5, 0.6) is 34.5 Å². The summed E-state index contributed by atoms with van der Waals surface area (Å²) in [7, 11) is 7.85. The highest BCUT2D eigenvalue weighted by molar-refractivity contribution is 5.93. The summed E-state index contributed by atoms with van der Waals surface area (Å²) in [6, 6.07) is 12.7. The van der Waals surface area contributed by atoms with Crippen molar-refractivity contribution in [1.29, 1.82) is 0 Å². The summed E-state index contributed by atoms with van der Waals surface area (Å²) >= 11 is 0. The third-order valence-electron chi connectivity index (χ3n) is 6.18. The van der Waals surface area contributed by atoms with Crippen LogP contribution < -0.4 is 28.4 Å². The number of rotatable bonds is 9. The molecule has 0 saturated carbocycles. The first-order chi connectivity index (χ1) is 17.5. The Morgan fingerprint density at radius 2 is 1.44 bits per heavy atom. The van der Waals surface area contributed by atoms with Crippen molar-refractivity contribution in [2.24, 2.45) is 0 Å². The predicted octanol–water partition coefficient (Wildman–Crippen LogP) is 4.39. The van der Waals surface area contributed by atoms with E-state index in [1.165, 1.54) is 0 Å². The van der Waals surface area contributed by atoms with Gasteiger partial charge in [0.05, 0.1) is 54.3 Å². The lowest BCUT2D eigenvalue weighted by atomic mass is 9.87. The van der Waals surface area contributed by atoms with Gasteiger partial charge in [-0.15, -0.1) is 0 Å². The van der Waals surface area contributed by atoms with Crippen LogP contribution in [0.15, 0.2) is 42.5 Å². The number of methoxy groups -OCH3 is 5. The molecule has 0 aromatic heterocycles. The van der Waals surface area contributed by atoms with Crippen LogP contribution in [0.25, 0.3) is 11.6 Å². The number of benzene rings is 3. The van der Waals surface area contributed by atoms with E-state index in [0.717, 1.165) is 11.1 Å². The zero-order valence-electron chi connectivity index (χ0n) is 21.0. The second kappa shape index (κ2) is 10.8. The molecule has 0 aliphatic carbocycles. The van der Waals surface area contributed by atoms with Crippen LogP contribution in [0.2, 0.25) is 0 Å². The summed E-state index contributed by atoms with van der Waals surface area (Å²) in [6.07, 6.45) is 1.35. The van der Waals surface area contributed by atoms with Crippen molar-refractivity contribution in [3.05, 3.63) is 70.3 Å². The van der Waals surface area contributed by atoms with Crippen molar-refractivity contribution in [3.8, 4) is 34.5 Å². The molecule has 1 heterocycles. The average molecular weight is 495 g/mol. The van der Waals surface area contributed by atoms with Gasteiger partial charge in [-0.25, -0.2) is 0 Å². The summed E-state index contributed by atoms with van der Waals surface area (Å²) in [5.74, 6) is 3.33. The van der Waals surface area contributed by atoms with E-state index >= 15 is 0 Å². The van der Waals surface area contributed by atoms with Crippen LogP contribution in [-0.2, 0) is 13.2 Å². The van der Waals surface area contributed by atoms with E-state index in [1.54, 1.807) is 59.8 Å². The molecule has 0 amide bonds. The molecular formula is C28H30O8. The molecule has 0 bridgehead atoms. The van der Waals surface area contributed by atoms with Crippen molar-refractivity contribution in [2.75, 3.05) is 35.5 Å². The van der Waals surface area contributed by atoms with Crippen LogP contribution in [0.1, 0.15) is 33.9 Å². The lowest BCUT2D eigenvalue weighted by Gasteiger charge is -2.31. The minimum Gasteiger partial charge on any atom is -0.497 e. The quantitative estimate of drug-likeness (QED) is 0.452. The molecule has 0 saturated heterocycles. The average Bonchev–Trinajstić information content (AvgIpc) is 2.94. The number of hydrogen-bond acceptors (Lipinski definition) is 8. The van der Waals surface area contributed by atoms with E-state index in [4.69, 9.17) is 28.4 Å². The fraction of sp³-hybridized carbons (Fsp3) is 0.286. The van der Waals surface area contributed by atoms with Crippen molar-refractivity contribution in [3.63, 3.8) is 0 Å². The van der Waals surface area contributed by atoms with E-state index in [0.29, 0.717) is 56.8 Å². The van der Waals surface area contributed by atoms with Crippen LogP contribution in [-0.4, -0.2) is 45.8 Å². The van der Waals surface area contributed by atoms with Gasteiger partial charge in [0.2, 0.25) is 0 Å². The number of aliphatic hydroxyl groups is 2. The van der Waals surface area contributed by atoms with Gasteiger partial charge in [-0.2, -0.15) is 0 Å². The number of hydrogen-bond donors (Lipinski definition) is 2. The Kier molecular flexibility index (Phi) is 7.57. The highest BCUT2D eigenvalue weighted by atomic mass is 16.5. The number of aliphatic hydroxyl groups excluding tert-OH is 2. The molecule has 3 aromatic rings. The van der Waals surface area contributed by atoms with Gasteiger partial charge >= 0.3 is 0 Å². The topological polar surface area (TPSA) is 95.8 Å². The first-order valence-corrected chi connectivity index (χ1v) is 11.3. The standard InChI is InChI=1S/C28H30O8/c1-31-19-10-18(15-30)27(26(12-19)35-5)21-13-20-23(33-3)8-16(14-29)9-24(20)36-28(21)17-6-7-22(32-2)25(11-17)34-4/h6-13,28-30H,14-15H2,1-5H3/t28-/m1/s1. The largest absolute Gasteiger partial charge is 0.497 e. The second-order valence-electron chi connectivity index (χ2n) is 8.10. The van der Waals surface area contributed by atoms with E-state index < -0.39 is 6.10 Å². The van der Waals surface area contributed by atoms with Crippen LogP contribution in [0, 0.1) is 0 Å². The van der Waals surface area contributed by atoms with Gasteiger partial charge in [0.15, 0.2) is 11.5 Å². The van der Waals surface area contributed by atoms with Gasteiger partial charge in [0, 0.05) is 22.8 Å². The highest BCUT2D eigenvalue weighted by Crippen LogP contribution is 2.49. The van der Waals surface area contributed by atoms with Crippen LogP contribution >= 0.6 is 0 Å². The lowest BCUT2D eigenvalue weighted by Crippen LogP contribution is -2.17. The minimum absolute atomic E-state index is 0.161. The zero-order valence-corrected chi connectivity index (χ0v) is 21.0. The first kappa shape index (κ1) is 25.2. The molecule has 0 unspecified atom stereocenters. The van der Waals surface area contributed by atoms with Crippen LogP contribution in [0.3, 0.4) is 0 Å². The summed E-state index contributed by atoms with van der Waals surface area (Å²) < 4.78 is 34.3. The van der Waals surface area contributed by atoms with Gasteiger partial charge in [-0.05, 0) is 47.5 Å². The van der Waals surface area contributed by atoms with Crippen molar-refractivity contribution in [2.45, 2.75) is 19.3 Å². The van der Waals surface area contributed by atoms with Crippen LogP contribution in [0.4, 0.5) is 0 Å². The molecule has 1 atom stereocenters. The molecule has 36 heavy (non-hydrogen) atoms. The summed E-state index contributed by atoms with van der Waals surface area (Å²) in [4.78, 5) is 0. The minimum atomic E-state index is -0.608. The molecule has 190 valence electrons. The van der Waals surface area contributed by atoms with Crippen molar-refractivity contribution in [1.82, 2.24) is 0 Å². The Morgan fingerprint density at radius 1 is 0.722 bits per heavy atom. The number of fused-ring (bicyclic) bond motifs is 1. The Balaban J connectivity index is 2.01. The molecule has 1 aliphatic rings. The van der Waals surface area contributed by atoms with E-state index in [1.807, 2.05) is 24.3 Å². The molecule has 4 rings (SSSR count). The fourth-order valence-corrected chi connectivity index (χ4v) is 4.42. The lowest BCUT2D eigenvalue weighted by molar-refractivity contribution is 0.251. The first-order valence-electron chi connectivity index (χ1n) is 11.3. The van der Waals surface area contributed by atoms with E-state index in [2.05, 4.69) is 0 Å². The Bertz CT molecular complexity index is 1260. The Labute approximate surface area is 210 Å². The Morgan fingerprint density at radius 3 is 2.06 bits per heavy atom. The maximum Gasteiger partial charge on any atom is 0.161 e. The molecule has 0 radical (unpaired) electrons. The van der Waals surface area contributed by atoms with Crippen molar-refractivity contribution >= 4 is 11.6 Å². The third-order valence-corrected chi connectivity index (χ3v) is 6.18. The SMILES string of the molecule is COc1cc(CO)c(C2=Cc3c(OC)cc(CO)cc3O[C@@H]2c2ccc(OC)c(OC)c2)c(OC)c1. The summed E-state index contributed by atoms with van der Waals surface area (Å²) in [5, 5.41) is 20.1. The molecule has 0 spiro atoms. The van der Waals surface area contributed by atoms with Gasteiger partial charge in [-0.1, -0.05) is 6.07 Å². The number of ether oxygens (including phenoxy) is 6. The molecule has 8 heteroatoms. The normalized spacial score (nSPS) is 14.3. The second-order valence-corrected chi connectivity index (χ2v) is 8.10. The van der Waals surface area contributed by atoms with E-state index in [-0.39, 0.29) is 13.2 Å². The monoisotopic (exact) mass is 494 g/mol. The Hall–Kier alpha value is -3.88. The molecule has 2 N–H and O–H groups in total. The van der Waals surface area contributed by atoms with Gasteiger partial charge in [0.25, 0.3) is 0 Å². The highest BCUT2D eigenvalue weighted by Gasteiger charge is 2.32. The molecular weight excluding hydrogens is 464 g/mol. The van der Waals surface area contributed by atoms with Crippen molar-refractivity contribution < 1.29 is 38.6 Å². The molecule has 1 aliphatic heterocycles. The maximum atomic E-state index is 10.3. The molecule has 0 fully saturated rings. The van der Waals surface area contributed by atoms with Gasteiger partial charge in [0.1, 0.15) is 29.1 Å². The smallest absolute Gasteiger partial charge is 0.161 e. The summed E-state index contributed by atoms with van der Waals surface area (Å²) in [5.41, 5.74) is 4.20. The van der Waals surface area contributed by atoms with Gasteiger partial charge in [-0.3, -0.25) is 0 Å². The fourth-order valence-electron chi connectivity index (χ4n) is 4.42. The molecule has 3 aromatic carbocycles. The van der Waals surface area contributed by atoms with Gasteiger partial charge < -0.3 is 38.6 Å². The van der Waals surface area contributed by atoms with E-state index in [9.17, 15) is 10.2 Å². The summed E-state index contributed by atoms with van der Waals surface area (Å²) in [6.45, 7) is -0.405.